The van der Waals surface area contributed by atoms with E-state index in [1.165, 1.54) is 89.0 Å². The molecule has 0 heterocycles. The van der Waals surface area contributed by atoms with Crippen molar-refractivity contribution < 1.29 is 0 Å². The maximum absolute atomic E-state index is 2.50. The van der Waals surface area contributed by atoms with Crippen LogP contribution >= 0.6 is 0 Å². The largest absolute Gasteiger partial charge is 0.310 e. The summed E-state index contributed by atoms with van der Waals surface area (Å²) in [6.07, 6.45) is 2.09. The summed E-state index contributed by atoms with van der Waals surface area (Å²) in [6.45, 7) is 4.73. The molecule has 0 amide bonds. The summed E-state index contributed by atoms with van der Waals surface area (Å²) in [5.74, 6) is 0. The summed E-state index contributed by atoms with van der Waals surface area (Å²) < 4.78 is 0. The normalized spacial score (nSPS) is 14.5. The van der Waals surface area contributed by atoms with Crippen LogP contribution in [0.15, 0.2) is 212 Å². The first kappa shape index (κ1) is 35.7. The Kier molecular flexibility index (Phi) is 7.99. The highest BCUT2D eigenvalue weighted by Gasteiger charge is 2.47. The molecule has 0 aromatic heterocycles. The SMILES string of the molecule is CC1(C)c2ccccc2-c2ccc(N(c3ccc(-c4ccc5c(c4)C4(Cc6ccccc6C4)c4ccccc4-5)cc3)c3ccccc3-c3ccc(-c4ccccc4)cc3)cc21. The van der Waals surface area contributed by atoms with Crippen molar-refractivity contribution in [3.63, 3.8) is 0 Å². The molecule has 0 atom stereocenters. The van der Waals surface area contributed by atoms with Gasteiger partial charge < -0.3 is 4.90 Å². The van der Waals surface area contributed by atoms with E-state index in [1.807, 2.05) is 0 Å². The van der Waals surface area contributed by atoms with E-state index in [0.717, 1.165) is 29.9 Å². The van der Waals surface area contributed by atoms with Crippen molar-refractivity contribution in [1.82, 2.24) is 0 Å². The molecule has 1 heteroatoms. The lowest BCUT2D eigenvalue weighted by Crippen LogP contribution is -2.25. The van der Waals surface area contributed by atoms with Crippen LogP contribution in [0.4, 0.5) is 17.1 Å². The Morgan fingerprint density at radius 1 is 0.328 bits per heavy atom. The smallest absolute Gasteiger partial charge is 0.0540 e. The summed E-state index contributed by atoms with van der Waals surface area (Å²) >= 11 is 0. The van der Waals surface area contributed by atoms with Gasteiger partial charge in [-0.15, -0.1) is 0 Å². The number of benzene rings is 9. The average molecular weight is 780 g/mol. The zero-order valence-electron chi connectivity index (χ0n) is 34.6. The molecule has 1 nitrogen and oxygen atoms in total. The lowest BCUT2D eigenvalue weighted by Gasteiger charge is -2.30. The van der Waals surface area contributed by atoms with Crippen molar-refractivity contribution in [2.24, 2.45) is 0 Å². The van der Waals surface area contributed by atoms with Gasteiger partial charge in [-0.05, 0) is 133 Å². The molecule has 290 valence electrons. The monoisotopic (exact) mass is 779 g/mol. The topological polar surface area (TPSA) is 3.24 Å². The van der Waals surface area contributed by atoms with E-state index in [0.29, 0.717) is 0 Å². The second-order valence-corrected chi connectivity index (χ2v) is 17.8. The van der Waals surface area contributed by atoms with E-state index in [9.17, 15) is 0 Å². The Morgan fingerprint density at radius 3 is 1.54 bits per heavy atom. The van der Waals surface area contributed by atoms with Gasteiger partial charge in [-0.1, -0.05) is 190 Å². The summed E-state index contributed by atoms with van der Waals surface area (Å²) in [5, 5.41) is 0. The van der Waals surface area contributed by atoms with Gasteiger partial charge in [0.25, 0.3) is 0 Å². The van der Waals surface area contributed by atoms with Crippen molar-refractivity contribution in [2.75, 3.05) is 4.90 Å². The van der Waals surface area contributed by atoms with Crippen molar-refractivity contribution in [3.8, 4) is 55.6 Å². The Hall–Kier alpha value is -7.22. The standard InChI is InChI=1S/C60H45N/c1-59(2)54-21-11-8-19-50(54)52-35-33-48(37-56(52)59)61(58-23-13-10-18-49(58)43-26-24-41(25-27-43)40-14-4-3-5-15-40)47-31-28-42(29-32-47)44-30-34-53-51-20-9-12-22-55(51)60(57(53)36-44)38-45-16-6-7-17-46(45)39-60/h3-37H,38-39H2,1-2H3. The second kappa shape index (κ2) is 13.7. The molecule has 0 N–H and O–H groups in total. The van der Waals surface area contributed by atoms with Crippen LogP contribution in [0.1, 0.15) is 47.2 Å². The maximum Gasteiger partial charge on any atom is 0.0540 e. The molecule has 1 spiro atoms. The fraction of sp³-hybridized carbons (Fsp3) is 0.100. The number of nitrogens with zero attached hydrogens (tertiary/aromatic N) is 1. The minimum Gasteiger partial charge on any atom is -0.310 e. The van der Waals surface area contributed by atoms with Crippen molar-refractivity contribution >= 4 is 17.1 Å². The third-order valence-electron chi connectivity index (χ3n) is 14.1. The molecule has 0 radical (unpaired) electrons. The summed E-state index contributed by atoms with van der Waals surface area (Å²) in [4.78, 5) is 2.47. The molecule has 9 aromatic rings. The zero-order valence-corrected chi connectivity index (χ0v) is 34.6. The highest BCUT2D eigenvalue weighted by Crippen LogP contribution is 2.56. The van der Waals surface area contributed by atoms with Crippen molar-refractivity contribution in [2.45, 2.75) is 37.5 Å². The van der Waals surface area contributed by atoms with Crippen LogP contribution in [-0.2, 0) is 23.7 Å². The number of hydrogen-bond acceptors (Lipinski definition) is 1. The second-order valence-electron chi connectivity index (χ2n) is 17.8. The van der Waals surface area contributed by atoms with E-state index >= 15 is 0 Å². The predicted molar refractivity (Wildman–Crippen MR) is 255 cm³/mol. The quantitative estimate of drug-likeness (QED) is 0.162. The van der Waals surface area contributed by atoms with Crippen LogP contribution in [0, 0.1) is 0 Å². The first-order valence-electron chi connectivity index (χ1n) is 21.7. The van der Waals surface area contributed by atoms with Crippen LogP contribution in [0.25, 0.3) is 55.6 Å². The van der Waals surface area contributed by atoms with E-state index in [4.69, 9.17) is 0 Å². The predicted octanol–water partition coefficient (Wildman–Crippen LogP) is 15.5. The first-order valence-corrected chi connectivity index (χ1v) is 21.7. The van der Waals surface area contributed by atoms with Gasteiger partial charge in [0.1, 0.15) is 0 Å². The molecule has 9 aromatic carbocycles. The fourth-order valence-corrected chi connectivity index (χ4v) is 11.1. The Labute approximate surface area is 359 Å². The third kappa shape index (κ3) is 5.54. The molecule has 0 aliphatic heterocycles. The van der Waals surface area contributed by atoms with Gasteiger partial charge in [0, 0.05) is 27.8 Å². The van der Waals surface area contributed by atoms with Gasteiger partial charge in [0.05, 0.1) is 5.69 Å². The summed E-state index contributed by atoms with van der Waals surface area (Å²) in [7, 11) is 0. The van der Waals surface area contributed by atoms with E-state index in [2.05, 4.69) is 231 Å². The molecule has 0 unspecified atom stereocenters. The van der Waals surface area contributed by atoms with Gasteiger partial charge in [0.15, 0.2) is 0 Å². The van der Waals surface area contributed by atoms with E-state index in [1.54, 1.807) is 0 Å². The van der Waals surface area contributed by atoms with Crippen LogP contribution in [-0.4, -0.2) is 0 Å². The van der Waals surface area contributed by atoms with Gasteiger partial charge >= 0.3 is 0 Å². The average Bonchev–Trinajstić information content (AvgIpc) is 3.92. The first-order chi connectivity index (χ1) is 30.0. The van der Waals surface area contributed by atoms with Gasteiger partial charge in [-0.3, -0.25) is 0 Å². The molecule has 61 heavy (non-hydrogen) atoms. The van der Waals surface area contributed by atoms with Crippen molar-refractivity contribution in [3.05, 3.63) is 246 Å². The highest BCUT2D eigenvalue weighted by atomic mass is 15.1. The molecule has 0 bridgehead atoms. The summed E-state index contributed by atoms with van der Waals surface area (Å²) in [6, 6.07) is 79.2. The van der Waals surface area contributed by atoms with Gasteiger partial charge in [-0.2, -0.15) is 0 Å². The number of hydrogen-bond donors (Lipinski definition) is 0. The Balaban J connectivity index is 0.969. The highest BCUT2D eigenvalue weighted by molar-refractivity contribution is 5.92. The fourth-order valence-electron chi connectivity index (χ4n) is 11.1. The zero-order chi connectivity index (χ0) is 40.7. The van der Waals surface area contributed by atoms with Crippen LogP contribution in [0.2, 0.25) is 0 Å². The molecule has 0 fully saturated rings. The lowest BCUT2D eigenvalue weighted by molar-refractivity contribution is 0.564. The van der Waals surface area contributed by atoms with E-state index in [-0.39, 0.29) is 10.8 Å². The molecule has 0 saturated heterocycles. The van der Waals surface area contributed by atoms with Crippen LogP contribution in [0.5, 0.6) is 0 Å². The molecule has 0 saturated carbocycles. The van der Waals surface area contributed by atoms with Gasteiger partial charge in [0.2, 0.25) is 0 Å². The molecular formula is C60H45N. The lowest BCUT2D eigenvalue weighted by atomic mass is 9.75. The number of fused-ring (bicyclic) bond motifs is 9. The number of para-hydroxylation sites is 1. The molecule has 3 aliphatic rings. The Bertz CT molecular complexity index is 3130. The number of rotatable bonds is 6. The van der Waals surface area contributed by atoms with Gasteiger partial charge in [-0.25, -0.2) is 0 Å². The minimum atomic E-state index is -0.116. The molecule has 12 rings (SSSR count). The van der Waals surface area contributed by atoms with Crippen LogP contribution in [0.3, 0.4) is 0 Å². The van der Waals surface area contributed by atoms with Crippen molar-refractivity contribution in [1.29, 1.82) is 0 Å². The van der Waals surface area contributed by atoms with Crippen LogP contribution < -0.4 is 4.90 Å². The summed E-state index contributed by atoms with van der Waals surface area (Å²) in [5.41, 5.74) is 24.6. The van der Waals surface area contributed by atoms with E-state index < -0.39 is 0 Å². The number of anilines is 3. The molecular weight excluding hydrogens is 735 g/mol. The third-order valence-corrected chi connectivity index (χ3v) is 14.1. The molecule has 3 aliphatic carbocycles. The minimum absolute atomic E-state index is 0.0353. The Morgan fingerprint density at radius 2 is 0.803 bits per heavy atom. The maximum atomic E-state index is 2.50.